The third-order valence-corrected chi connectivity index (χ3v) is 5.75. The summed E-state index contributed by atoms with van der Waals surface area (Å²) in [6.07, 6.45) is 3.51. The van der Waals surface area contributed by atoms with Gasteiger partial charge in [-0.1, -0.05) is 6.92 Å². The molecule has 0 aliphatic heterocycles. The number of hydrogen-bond acceptors (Lipinski definition) is 5. The number of aryl methyl sites for hydroxylation is 1. The predicted octanol–water partition coefficient (Wildman–Crippen LogP) is 2.64. The van der Waals surface area contributed by atoms with Gasteiger partial charge in [-0.2, -0.15) is 13.2 Å². The molecule has 154 valence electrons. The first-order chi connectivity index (χ1) is 13.5. The molecule has 3 rings (SSSR count). The van der Waals surface area contributed by atoms with Crippen molar-refractivity contribution < 1.29 is 26.7 Å². The predicted molar refractivity (Wildman–Crippen MR) is 97.7 cm³/mol. The quantitative estimate of drug-likeness (QED) is 0.676. The third kappa shape index (κ3) is 3.90. The second-order valence-electron chi connectivity index (χ2n) is 6.19. The third-order valence-electron chi connectivity index (χ3n) is 4.24. The summed E-state index contributed by atoms with van der Waals surface area (Å²) in [4.78, 5) is 15.9. The van der Waals surface area contributed by atoms with Crippen LogP contribution in [0.4, 0.5) is 13.2 Å². The van der Waals surface area contributed by atoms with E-state index < -0.39 is 31.8 Å². The number of sulfone groups is 1. The molecule has 0 spiro atoms. The van der Waals surface area contributed by atoms with Gasteiger partial charge in [-0.25, -0.2) is 17.8 Å². The van der Waals surface area contributed by atoms with Gasteiger partial charge in [0.05, 0.1) is 23.3 Å². The van der Waals surface area contributed by atoms with Crippen molar-refractivity contribution in [3.63, 3.8) is 0 Å². The molecule has 11 heteroatoms. The lowest BCUT2D eigenvalue weighted by atomic mass is 10.2. The van der Waals surface area contributed by atoms with Crippen LogP contribution in [0.3, 0.4) is 0 Å². The van der Waals surface area contributed by atoms with Crippen LogP contribution in [-0.2, 0) is 22.8 Å². The summed E-state index contributed by atoms with van der Waals surface area (Å²) in [6, 6.07) is 7.04. The van der Waals surface area contributed by atoms with Crippen molar-refractivity contribution >= 4 is 9.84 Å². The number of halogens is 3. The van der Waals surface area contributed by atoms with Gasteiger partial charge in [0, 0.05) is 11.9 Å². The van der Waals surface area contributed by atoms with Crippen LogP contribution in [0.2, 0.25) is 0 Å². The van der Waals surface area contributed by atoms with E-state index in [1.807, 2.05) is 13.0 Å². The highest BCUT2D eigenvalue weighted by Crippen LogP contribution is 2.30. The number of benzene rings is 1. The Bertz CT molecular complexity index is 1200. The number of aromatic hydroxyl groups is 1. The first kappa shape index (κ1) is 20.6. The van der Waals surface area contributed by atoms with Crippen LogP contribution in [0, 0.1) is 0 Å². The molecular formula is C18H16F3N3O4S. The average molecular weight is 427 g/mol. The highest BCUT2D eigenvalue weighted by atomic mass is 32.2. The molecule has 0 radical (unpaired) electrons. The smallest absolute Gasteiger partial charge is 0.493 e. The van der Waals surface area contributed by atoms with Gasteiger partial charge in [0.1, 0.15) is 0 Å². The fourth-order valence-electron chi connectivity index (χ4n) is 2.76. The first-order valence-electron chi connectivity index (χ1n) is 8.41. The molecule has 1 aromatic carbocycles. The van der Waals surface area contributed by atoms with E-state index >= 15 is 0 Å². The second-order valence-corrected chi connectivity index (χ2v) is 8.13. The Labute approximate surface area is 163 Å². The number of aromatic nitrogens is 3. The monoisotopic (exact) mass is 427 g/mol. The molecule has 1 N–H and O–H groups in total. The SMILES string of the molecule is CCc1cc(Cn2cc(O)n(-c3ccc(S(=O)(=O)C(F)(F)F)cc3)c2=O)ccn1. The summed E-state index contributed by atoms with van der Waals surface area (Å²) in [5.74, 6) is -0.439. The van der Waals surface area contributed by atoms with Crippen molar-refractivity contribution in [2.45, 2.75) is 30.3 Å². The number of pyridine rings is 1. The summed E-state index contributed by atoms with van der Waals surface area (Å²) < 4.78 is 62.9. The van der Waals surface area contributed by atoms with Gasteiger partial charge in [-0.15, -0.1) is 0 Å². The molecular weight excluding hydrogens is 411 g/mol. The van der Waals surface area contributed by atoms with Gasteiger partial charge < -0.3 is 5.11 Å². The van der Waals surface area contributed by atoms with Crippen LogP contribution in [0.25, 0.3) is 5.69 Å². The Balaban J connectivity index is 1.95. The Kier molecular flexibility index (Phi) is 5.26. The lowest BCUT2D eigenvalue weighted by Gasteiger charge is -2.09. The van der Waals surface area contributed by atoms with Gasteiger partial charge in [0.2, 0.25) is 5.88 Å². The molecule has 0 bridgehead atoms. The number of nitrogens with zero attached hydrogens (tertiary/aromatic N) is 3. The highest BCUT2D eigenvalue weighted by molar-refractivity contribution is 7.92. The average Bonchev–Trinajstić information content (AvgIpc) is 2.94. The van der Waals surface area contributed by atoms with E-state index in [0.29, 0.717) is 6.42 Å². The molecule has 3 aromatic rings. The molecule has 0 unspecified atom stereocenters. The number of rotatable bonds is 5. The molecule has 0 atom stereocenters. The fourth-order valence-corrected chi connectivity index (χ4v) is 3.52. The van der Waals surface area contributed by atoms with Crippen molar-refractivity contribution in [3.8, 4) is 11.6 Å². The molecule has 2 aromatic heterocycles. The lowest BCUT2D eigenvalue weighted by molar-refractivity contribution is -0.0436. The van der Waals surface area contributed by atoms with E-state index in [-0.39, 0.29) is 12.2 Å². The van der Waals surface area contributed by atoms with Gasteiger partial charge >= 0.3 is 11.2 Å². The molecule has 0 saturated carbocycles. The molecule has 2 heterocycles. The van der Waals surface area contributed by atoms with E-state index in [4.69, 9.17) is 0 Å². The van der Waals surface area contributed by atoms with E-state index in [1.54, 1.807) is 12.3 Å². The minimum atomic E-state index is -5.50. The maximum atomic E-state index is 12.6. The number of imidazole rings is 1. The molecule has 29 heavy (non-hydrogen) atoms. The van der Waals surface area contributed by atoms with E-state index in [9.17, 15) is 31.5 Å². The van der Waals surface area contributed by atoms with Gasteiger partial charge in [-0.3, -0.25) is 9.55 Å². The van der Waals surface area contributed by atoms with Gasteiger partial charge in [-0.05, 0) is 48.4 Å². The molecule has 0 amide bonds. The minimum absolute atomic E-state index is 0.0244. The Morgan fingerprint density at radius 3 is 2.38 bits per heavy atom. The number of alkyl halides is 3. The van der Waals surface area contributed by atoms with Gasteiger partial charge in [0.15, 0.2) is 0 Å². The van der Waals surface area contributed by atoms with Crippen molar-refractivity contribution in [3.05, 3.63) is 70.5 Å². The van der Waals surface area contributed by atoms with Crippen LogP contribution in [0.1, 0.15) is 18.2 Å². The van der Waals surface area contributed by atoms with Crippen LogP contribution in [0.5, 0.6) is 5.88 Å². The zero-order valence-electron chi connectivity index (χ0n) is 15.1. The van der Waals surface area contributed by atoms with Crippen LogP contribution >= 0.6 is 0 Å². The summed E-state index contributed by atoms with van der Waals surface area (Å²) in [5, 5.41) is 10.1. The Morgan fingerprint density at radius 1 is 1.14 bits per heavy atom. The Hall–Kier alpha value is -3.08. The molecule has 0 aliphatic carbocycles. The normalized spacial score (nSPS) is 12.3. The van der Waals surface area contributed by atoms with Crippen LogP contribution in [0.15, 0.2) is 58.5 Å². The molecule has 0 aliphatic rings. The van der Waals surface area contributed by atoms with E-state index in [1.165, 1.54) is 10.8 Å². The standard InChI is InChI=1S/C18H16F3N3O4S/c1-2-13-9-12(7-8-22-13)10-23-11-16(25)24(17(23)26)14-3-5-15(6-4-14)29(27,28)18(19,20)21/h3-9,11,25H,2,10H2,1H3. The van der Waals surface area contributed by atoms with Crippen molar-refractivity contribution in [1.82, 2.24) is 14.1 Å². The zero-order chi connectivity index (χ0) is 21.4. The Morgan fingerprint density at radius 2 is 1.79 bits per heavy atom. The molecule has 7 nitrogen and oxygen atoms in total. The minimum Gasteiger partial charge on any atom is -0.493 e. The molecule has 0 saturated heterocycles. The van der Waals surface area contributed by atoms with Crippen LogP contribution < -0.4 is 5.69 Å². The lowest BCUT2D eigenvalue weighted by Crippen LogP contribution is -2.24. The largest absolute Gasteiger partial charge is 0.501 e. The maximum absolute atomic E-state index is 12.6. The zero-order valence-corrected chi connectivity index (χ0v) is 15.9. The summed E-state index contributed by atoms with van der Waals surface area (Å²) in [5.41, 5.74) is -4.43. The van der Waals surface area contributed by atoms with Crippen LogP contribution in [-0.4, -0.2) is 33.2 Å². The topological polar surface area (TPSA) is 94.2 Å². The summed E-state index contributed by atoms with van der Waals surface area (Å²) >= 11 is 0. The summed E-state index contributed by atoms with van der Waals surface area (Å²) in [6.45, 7) is 2.08. The maximum Gasteiger partial charge on any atom is 0.501 e. The van der Waals surface area contributed by atoms with Crippen molar-refractivity contribution in [2.24, 2.45) is 0 Å². The first-order valence-corrected chi connectivity index (χ1v) is 9.89. The highest BCUT2D eigenvalue weighted by Gasteiger charge is 2.46. The van der Waals surface area contributed by atoms with Crippen molar-refractivity contribution in [1.29, 1.82) is 0 Å². The van der Waals surface area contributed by atoms with Crippen molar-refractivity contribution in [2.75, 3.05) is 0 Å². The van der Waals surface area contributed by atoms with Gasteiger partial charge in [0.25, 0.3) is 9.84 Å². The molecule has 0 fully saturated rings. The van der Waals surface area contributed by atoms with E-state index in [2.05, 4.69) is 4.98 Å². The van der Waals surface area contributed by atoms with E-state index in [0.717, 1.165) is 40.1 Å². The fraction of sp³-hybridized carbons (Fsp3) is 0.222. The second kappa shape index (κ2) is 7.39. The summed E-state index contributed by atoms with van der Waals surface area (Å²) in [7, 11) is -5.50. The number of hydrogen-bond donors (Lipinski definition) is 1.